The zero-order valence-electron chi connectivity index (χ0n) is 7.13. The number of nitrogens with zero attached hydrogens (tertiary/aromatic N) is 1. The first-order chi connectivity index (χ1) is 5.90. The van der Waals surface area contributed by atoms with E-state index >= 15 is 0 Å². The van der Waals surface area contributed by atoms with Gasteiger partial charge >= 0.3 is 0 Å². The van der Waals surface area contributed by atoms with Crippen molar-refractivity contribution in [1.82, 2.24) is 10.2 Å². The lowest BCUT2D eigenvalue weighted by Crippen LogP contribution is -2.61. The van der Waals surface area contributed by atoms with Gasteiger partial charge in [-0.15, -0.1) is 0 Å². The third kappa shape index (κ3) is 1.60. The van der Waals surface area contributed by atoms with Crippen molar-refractivity contribution < 1.29 is 9.13 Å². The summed E-state index contributed by atoms with van der Waals surface area (Å²) in [5, 5.41) is 3.17. The maximum Gasteiger partial charge on any atom is 0.106 e. The van der Waals surface area contributed by atoms with Gasteiger partial charge < -0.3 is 10.1 Å². The topological polar surface area (TPSA) is 24.5 Å². The predicted octanol–water partition coefficient (Wildman–Crippen LogP) is -0.372. The molecule has 2 heterocycles. The van der Waals surface area contributed by atoms with E-state index < -0.39 is 0 Å². The summed E-state index contributed by atoms with van der Waals surface area (Å²) < 4.78 is 17.6. The molecule has 0 unspecified atom stereocenters. The summed E-state index contributed by atoms with van der Waals surface area (Å²) in [5.41, 5.74) is 0. The number of ether oxygens (including phenoxy) is 1. The van der Waals surface area contributed by atoms with Crippen LogP contribution >= 0.6 is 0 Å². The number of hydrogen-bond donors (Lipinski definition) is 1. The fourth-order valence-electron chi connectivity index (χ4n) is 1.87. The highest BCUT2D eigenvalue weighted by Crippen LogP contribution is 2.11. The van der Waals surface area contributed by atoms with Gasteiger partial charge in [0.25, 0.3) is 0 Å². The van der Waals surface area contributed by atoms with Crippen molar-refractivity contribution in [2.75, 3.05) is 39.5 Å². The van der Waals surface area contributed by atoms with Crippen LogP contribution in [0.1, 0.15) is 0 Å². The number of halogens is 1. The average Bonchev–Trinajstić information content (AvgIpc) is 2.17. The van der Waals surface area contributed by atoms with E-state index in [-0.39, 0.29) is 12.7 Å². The Morgan fingerprint density at radius 2 is 2.50 bits per heavy atom. The van der Waals surface area contributed by atoms with Crippen molar-refractivity contribution >= 4 is 0 Å². The molecule has 3 nitrogen and oxygen atoms in total. The molecule has 2 rings (SSSR count). The van der Waals surface area contributed by atoms with Gasteiger partial charge in [-0.1, -0.05) is 0 Å². The van der Waals surface area contributed by atoms with E-state index in [0.29, 0.717) is 6.04 Å². The molecule has 2 aliphatic heterocycles. The van der Waals surface area contributed by atoms with E-state index in [1.807, 2.05) is 0 Å². The zero-order valence-corrected chi connectivity index (χ0v) is 7.13. The lowest BCUT2D eigenvalue weighted by molar-refractivity contribution is -0.0278. The SMILES string of the molecule is FC[C@@H]1CN2CCOC[C@@H]2CN1. The number of piperazine rings is 1. The highest BCUT2D eigenvalue weighted by Gasteiger charge is 2.29. The second-order valence-corrected chi connectivity index (χ2v) is 3.48. The van der Waals surface area contributed by atoms with Gasteiger partial charge in [0.1, 0.15) is 6.67 Å². The number of nitrogens with one attached hydrogen (secondary N) is 1. The van der Waals surface area contributed by atoms with Gasteiger partial charge in [0.2, 0.25) is 0 Å². The van der Waals surface area contributed by atoms with E-state index in [0.717, 1.165) is 32.8 Å². The average molecular weight is 174 g/mol. The molecule has 0 aromatic rings. The highest BCUT2D eigenvalue weighted by molar-refractivity contribution is 4.87. The minimum Gasteiger partial charge on any atom is -0.378 e. The molecule has 0 saturated carbocycles. The summed E-state index contributed by atoms with van der Waals surface area (Å²) in [5.74, 6) is 0. The molecule has 2 fully saturated rings. The smallest absolute Gasteiger partial charge is 0.106 e. The molecule has 2 aliphatic rings. The van der Waals surface area contributed by atoms with Crippen molar-refractivity contribution in [1.29, 1.82) is 0 Å². The van der Waals surface area contributed by atoms with Crippen LogP contribution in [0, 0.1) is 0 Å². The van der Waals surface area contributed by atoms with E-state index in [2.05, 4.69) is 10.2 Å². The van der Waals surface area contributed by atoms with E-state index in [9.17, 15) is 4.39 Å². The first-order valence-electron chi connectivity index (χ1n) is 4.51. The standard InChI is InChI=1S/C8H15FN2O/c9-3-7-5-11-1-2-12-6-8(11)4-10-7/h7-8,10H,1-6H2/t7-,8+/m1/s1. The molecule has 0 radical (unpaired) electrons. The molecule has 0 aromatic carbocycles. The summed E-state index contributed by atoms with van der Waals surface area (Å²) in [7, 11) is 0. The summed E-state index contributed by atoms with van der Waals surface area (Å²) in [6, 6.07) is 0.515. The molecule has 2 atom stereocenters. The third-order valence-electron chi connectivity index (χ3n) is 2.63. The van der Waals surface area contributed by atoms with Gasteiger partial charge in [0, 0.05) is 31.7 Å². The fourth-order valence-corrected chi connectivity index (χ4v) is 1.87. The first kappa shape index (κ1) is 8.41. The monoisotopic (exact) mass is 174 g/mol. The Hall–Kier alpha value is -0.190. The molecule has 0 aromatic heterocycles. The van der Waals surface area contributed by atoms with Crippen LogP contribution in [0.2, 0.25) is 0 Å². The quantitative estimate of drug-likeness (QED) is 0.587. The van der Waals surface area contributed by atoms with Crippen LogP contribution in [0.15, 0.2) is 0 Å². The Balaban J connectivity index is 1.90. The van der Waals surface area contributed by atoms with Crippen LogP contribution < -0.4 is 5.32 Å². The lowest BCUT2D eigenvalue weighted by atomic mass is 10.1. The van der Waals surface area contributed by atoms with Gasteiger partial charge in [-0.25, -0.2) is 4.39 Å². The van der Waals surface area contributed by atoms with Crippen molar-refractivity contribution in [3.63, 3.8) is 0 Å². The molecule has 12 heavy (non-hydrogen) atoms. The summed E-state index contributed by atoms with van der Waals surface area (Å²) in [6.07, 6.45) is 0. The third-order valence-corrected chi connectivity index (χ3v) is 2.63. The molecule has 0 bridgehead atoms. The second-order valence-electron chi connectivity index (χ2n) is 3.48. The van der Waals surface area contributed by atoms with Gasteiger partial charge in [-0.3, -0.25) is 4.90 Å². The molecular weight excluding hydrogens is 159 g/mol. The maximum absolute atomic E-state index is 12.3. The van der Waals surface area contributed by atoms with Gasteiger partial charge in [-0.05, 0) is 0 Å². The van der Waals surface area contributed by atoms with Crippen molar-refractivity contribution in [3.05, 3.63) is 0 Å². The normalized spacial score (nSPS) is 37.8. The number of rotatable bonds is 1. The molecule has 70 valence electrons. The predicted molar refractivity (Wildman–Crippen MR) is 43.9 cm³/mol. The van der Waals surface area contributed by atoms with Crippen LogP contribution in [-0.2, 0) is 4.74 Å². The Morgan fingerprint density at radius 1 is 1.58 bits per heavy atom. The van der Waals surface area contributed by atoms with Crippen LogP contribution in [0.4, 0.5) is 4.39 Å². The molecule has 1 N–H and O–H groups in total. The largest absolute Gasteiger partial charge is 0.378 e. The first-order valence-corrected chi connectivity index (χ1v) is 4.51. The van der Waals surface area contributed by atoms with Gasteiger partial charge in [0.05, 0.1) is 13.2 Å². The minimum atomic E-state index is -0.260. The number of hydrogen-bond acceptors (Lipinski definition) is 3. The summed E-state index contributed by atoms with van der Waals surface area (Å²) in [4.78, 5) is 2.32. The molecular formula is C8H15FN2O. The maximum atomic E-state index is 12.3. The second kappa shape index (κ2) is 3.68. The van der Waals surface area contributed by atoms with E-state index in [4.69, 9.17) is 4.74 Å². The lowest BCUT2D eigenvalue weighted by Gasteiger charge is -2.42. The van der Waals surface area contributed by atoms with Crippen molar-refractivity contribution in [3.8, 4) is 0 Å². The van der Waals surface area contributed by atoms with Crippen LogP contribution in [0.25, 0.3) is 0 Å². The van der Waals surface area contributed by atoms with Gasteiger partial charge in [-0.2, -0.15) is 0 Å². The van der Waals surface area contributed by atoms with Crippen LogP contribution in [0.5, 0.6) is 0 Å². The minimum absolute atomic E-state index is 0.0411. The van der Waals surface area contributed by atoms with Gasteiger partial charge in [0.15, 0.2) is 0 Å². The molecule has 2 saturated heterocycles. The Labute approximate surface area is 71.9 Å². The number of morpholine rings is 1. The Bertz CT molecular complexity index is 156. The molecule has 0 aliphatic carbocycles. The fraction of sp³-hybridized carbons (Fsp3) is 1.00. The Morgan fingerprint density at radius 3 is 3.33 bits per heavy atom. The molecule has 0 amide bonds. The van der Waals surface area contributed by atoms with Crippen molar-refractivity contribution in [2.24, 2.45) is 0 Å². The number of alkyl halides is 1. The highest BCUT2D eigenvalue weighted by atomic mass is 19.1. The van der Waals surface area contributed by atoms with Crippen LogP contribution in [0.3, 0.4) is 0 Å². The van der Waals surface area contributed by atoms with Crippen LogP contribution in [-0.4, -0.2) is 56.5 Å². The van der Waals surface area contributed by atoms with E-state index in [1.54, 1.807) is 0 Å². The summed E-state index contributed by atoms with van der Waals surface area (Å²) >= 11 is 0. The molecule has 4 heteroatoms. The van der Waals surface area contributed by atoms with Crippen molar-refractivity contribution in [2.45, 2.75) is 12.1 Å². The Kier molecular flexibility index (Phi) is 2.58. The van der Waals surface area contributed by atoms with E-state index in [1.165, 1.54) is 0 Å². The number of fused-ring (bicyclic) bond motifs is 1. The summed E-state index contributed by atoms with van der Waals surface area (Å²) in [6.45, 7) is 4.01. The molecule has 0 spiro atoms. The zero-order chi connectivity index (χ0) is 8.39.